The number of rotatable bonds is 4. The molecule has 0 aromatic carbocycles. The average molecular weight is 292 g/mol. The van der Waals surface area contributed by atoms with E-state index in [0.717, 1.165) is 21.8 Å². The highest BCUT2D eigenvalue weighted by Gasteiger charge is 2.68. The Morgan fingerprint density at radius 2 is 2.00 bits per heavy atom. The minimum absolute atomic E-state index is 0.149. The molecule has 2 rings (SSSR count). The van der Waals surface area contributed by atoms with Gasteiger partial charge in [0.2, 0.25) is 0 Å². The Hall–Kier alpha value is 0.240. The molecular weight excluding hydrogens is 273 g/mol. The van der Waals surface area contributed by atoms with Gasteiger partial charge in [-0.25, -0.2) is 0 Å². The average Bonchev–Trinajstić information content (AvgIpc) is 2.54. The zero-order valence-electron chi connectivity index (χ0n) is 10.7. The van der Waals surface area contributed by atoms with Crippen molar-refractivity contribution in [3.8, 4) is 0 Å². The normalized spacial score (nSPS) is 30.6. The molecule has 1 aromatic heterocycles. The van der Waals surface area contributed by atoms with Crippen LogP contribution in [-0.2, 0) is 5.41 Å². The predicted molar refractivity (Wildman–Crippen MR) is 77.5 cm³/mol. The van der Waals surface area contributed by atoms with E-state index in [9.17, 15) is 0 Å². The molecule has 0 bridgehead atoms. The highest BCUT2D eigenvalue weighted by atomic mass is 35.5. The lowest BCUT2D eigenvalue weighted by molar-refractivity contribution is 0.510. The standard InChI is InChI=1S/C13H19Cl2NS/c1-5-16-7-9-12(2,3)13(9,4)8-6-10(14)17-11(8)15/h6,9,16H,5,7H2,1-4H3. The molecule has 2 unspecified atom stereocenters. The zero-order valence-corrected chi connectivity index (χ0v) is 13.1. The first-order valence-electron chi connectivity index (χ1n) is 6.01. The topological polar surface area (TPSA) is 12.0 Å². The molecule has 4 heteroatoms. The Morgan fingerprint density at radius 3 is 2.47 bits per heavy atom. The minimum Gasteiger partial charge on any atom is -0.317 e. The summed E-state index contributed by atoms with van der Waals surface area (Å²) >= 11 is 13.8. The molecule has 1 saturated carbocycles. The van der Waals surface area contributed by atoms with Gasteiger partial charge >= 0.3 is 0 Å². The Labute approximate surface area is 118 Å². The predicted octanol–water partition coefficient (Wildman–Crippen LogP) is 4.58. The molecule has 1 aromatic rings. The first-order chi connectivity index (χ1) is 7.85. The minimum atomic E-state index is 0.149. The first kappa shape index (κ1) is 13.7. The molecule has 1 nitrogen and oxygen atoms in total. The van der Waals surface area contributed by atoms with Crippen molar-refractivity contribution in [3.05, 3.63) is 20.3 Å². The maximum absolute atomic E-state index is 6.31. The van der Waals surface area contributed by atoms with Crippen molar-refractivity contribution >= 4 is 34.5 Å². The van der Waals surface area contributed by atoms with Crippen LogP contribution in [0.4, 0.5) is 0 Å². The second kappa shape index (κ2) is 4.41. The van der Waals surface area contributed by atoms with Crippen molar-refractivity contribution in [2.24, 2.45) is 11.3 Å². The molecule has 1 aliphatic rings. The van der Waals surface area contributed by atoms with Gasteiger partial charge in [-0.3, -0.25) is 0 Å². The van der Waals surface area contributed by atoms with E-state index >= 15 is 0 Å². The molecule has 0 radical (unpaired) electrons. The Kier molecular flexibility index (Phi) is 3.55. The Morgan fingerprint density at radius 1 is 1.35 bits per heavy atom. The number of hydrogen-bond donors (Lipinski definition) is 1. The molecular formula is C13H19Cl2NS. The van der Waals surface area contributed by atoms with Crippen molar-refractivity contribution in [3.63, 3.8) is 0 Å². The van der Waals surface area contributed by atoms with Crippen molar-refractivity contribution in [2.75, 3.05) is 13.1 Å². The van der Waals surface area contributed by atoms with Crippen LogP contribution in [0.1, 0.15) is 33.3 Å². The molecule has 17 heavy (non-hydrogen) atoms. The van der Waals surface area contributed by atoms with Crippen LogP contribution in [0.5, 0.6) is 0 Å². The van der Waals surface area contributed by atoms with Crippen LogP contribution in [0, 0.1) is 11.3 Å². The van der Waals surface area contributed by atoms with E-state index in [-0.39, 0.29) is 10.8 Å². The summed E-state index contributed by atoms with van der Waals surface area (Å²) < 4.78 is 1.64. The third-order valence-electron chi connectivity index (χ3n) is 4.64. The van der Waals surface area contributed by atoms with Gasteiger partial charge in [-0.05, 0) is 36.1 Å². The molecule has 1 fully saturated rings. The smallest absolute Gasteiger partial charge is 0.0982 e. The summed E-state index contributed by atoms with van der Waals surface area (Å²) in [4.78, 5) is 0. The second-order valence-electron chi connectivity index (χ2n) is 5.52. The van der Waals surface area contributed by atoms with E-state index in [1.54, 1.807) is 0 Å². The van der Waals surface area contributed by atoms with Gasteiger partial charge in [-0.1, -0.05) is 50.9 Å². The van der Waals surface area contributed by atoms with E-state index in [4.69, 9.17) is 23.2 Å². The summed E-state index contributed by atoms with van der Waals surface area (Å²) in [5.74, 6) is 0.623. The third kappa shape index (κ3) is 1.94. The summed E-state index contributed by atoms with van der Waals surface area (Å²) in [6.07, 6.45) is 0. The number of halogens is 2. The molecule has 96 valence electrons. The van der Waals surface area contributed by atoms with Crippen molar-refractivity contribution in [1.82, 2.24) is 5.32 Å². The van der Waals surface area contributed by atoms with Crippen LogP contribution >= 0.6 is 34.5 Å². The Balaban J connectivity index is 2.28. The van der Waals surface area contributed by atoms with Crippen LogP contribution in [0.25, 0.3) is 0 Å². The van der Waals surface area contributed by atoms with Crippen LogP contribution < -0.4 is 5.32 Å². The fourth-order valence-corrected chi connectivity index (χ4v) is 4.77. The summed E-state index contributed by atoms with van der Waals surface area (Å²) in [5.41, 5.74) is 1.65. The van der Waals surface area contributed by atoms with E-state index in [1.165, 1.54) is 16.9 Å². The van der Waals surface area contributed by atoms with Gasteiger partial charge < -0.3 is 5.32 Å². The zero-order chi connectivity index (χ0) is 12.8. The summed E-state index contributed by atoms with van der Waals surface area (Å²) in [5, 5.41) is 3.44. The van der Waals surface area contributed by atoms with Crippen molar-refractivity contribution in [1.29, 1.82) is 0 Å². The molecule has 1 heterocycles. The van der Waals surface area contributed by atoms with Crippen LogP contribution in [0.3, 0.4) is 0 Å². The second-order valence-corrected chi connectivity index (χ2v) is 7.81. The van der Waals surface area contributed by atoms with Gasteiger partial charge in [-0.15, -0.1) is 11.3 Å². The van der Waals surface area contributed by atoms with Gasteiger partial charge in [0.1, 0.15) is 0 Å². The van der Waals surface area contributed by atoms with Crippen molar-refractivity contribution in [2.45, 2.75) is 33.1 Å². The fourth-order valence-electron chi connectivity index (χ4n) is 3.08. The molecule has 1 aliphatic carbocycles. The lowest BCUT2D eigenvalue weighted by Crippen LogP contribution is -2.19. The van der Waals surface area contributed by atoms with Gasteiger partial charge in [0, 0.05) is 5.41 Å². The lowest BCUT2D eigenvalue weighted by atomic mass is 9.92. The van der Waals surface area contributed by atoms with Crippen LogP contribution in [0.2, 0.25) is 8.67 Å². The van der Waals surface area contributed by atoms with Gasteiger partial charge in [0.05, 0.1) is 8.67 Å². The number of thiophene rings is 1. The van der Waals surface area contributed by atoms with Crippen LogP contribution in [-0.4, -0.2) is 13.1 Å². The molecule has 0 amide bonds. The van der Waals surface area contributed by atoms with Crippen molar-refractivity contribution < 1.29 is 0 Å². The molecule has 0 aliphatic heterocycles. The summed E-state index contributed by atoms with van der Waals surface area (Å²) in [6, 6.07) is 2.04. The third-order valence-corrected chi connectivity index (χ3v) is 6.13. The fraction of sp³-hybridized carbons (Fsp3) is 0.692. The molecule has 0 saturated heterocycles. The number of hydrogen-bond acceptors (Lipinski definition) is 2. The van der Waals surface area contributed by atoms with E-state index in [1.807, 2.05) is 6.07 Å². The first-order valence-corrected chi connectivity index (χ1v) is 7.59. The van der Waals surface area contributed by atoms with Gasteiger partial charge in [0.25, 0.3) is 0 Å². The molecule has 0 spiro atoms. The largest absolute Gasteiger partial charge is 0.317 e. The summed E-state index contributed by atoms with van der Waals surface area (Å²) in [6.45, 7) is 11.1. The molecule has 2 atom stereocenters. The molecule has 1 N–H and O–H groups in total. The summed E-state index contributed by atoms with van der Waals surface area (Å²) in [7, 11) is 0. The maximum Gasteiger partial charge on any atom is 0.0982 e. The maximum atomic E-state index is 6.31. The Bertz CT molecular complexity index is 427. The number of nitrogens with one attached hydrogen (secondary N) is 1. The van der Waals surface area contributed by atoms with E-state index < -0.39 is 0 Å². The van der Waals surface area contributed by atoms with Crippen LogP contribution in [0.15, 0.2) is 6.07 Å². The highest BCUT2D eigenvalue weighted by Crippen LogP contribution is 2.70. The van der Waals surface area contributed by atoms with Gasteiger partial charge in [-0.2, -0.15) is 0 Å². The van der Waals surface area contributed by atoms with E-state index in [2.05, 4.69) is 33.0 Å². The lowest BCUT2D eigenvalue weighted by Gasteiger charge is -2.13. The SMILES string of the molecule is CCNCC1C(C)(C)C1(C)c1cc(Cl)sc1Cl. The van der Waals surface area contributed by atoms with E-state index in [0.29, 0.717) is 5.92 Å². The quantitative estimate of drug-likeness (QED) is 0.856. The van der Waals surface area contributed by atoms with Gasteiger partial charge in [0.15, 0.2) is 0 Å². The monoisotopic (exact) mass is 291 g/mol. The highest BCUT2D eigenvalue weighted by molar-refractivity contribution is 7.20.